The number of morpholine rings is 1. The van der Waals surface area contributed by atoms with Gasteiger partial charge in [0.05, 0.1) is 55.5 Å². The number of ether oxygens (including phenoxy) is 2. The number of anilines is 1. The van der Waals surface area contributed by atoms with Crippen molar-refractivity contribution in [1.29, 1.82) is 0 Å². The third-order valence-corrected chi connectivity index (χ3v) is 5.84. The van der Waals surface area contributed by atoms with Crippen molar-refractivity contribution in [3.8, 4) is 5.75 Å². The van der Waals surface area contributed by atoms with Gasteiger partial charge in [-0.1, -0.05) is 20.3 Å². The number of aryl methyl sites for hydroxylation is 2. The Balaban J connectivity index is 1.61. The first-order valence-corrected chi connectivity index (χ1v) is 11.6. The molecule has 172 valence electrons. The molecule has 1 N–H and O–H groups in total. The highest BCUT2D eigenvalue weighted by Gasteiger charge is 2.24. The molecule has 8 nitrogen and oxygen atoms in total. The molecule has 0 atom stereocenters. The van der Waals surface area contributed by atoms with Crippen molar-refractivity contribution in [2.24, 2.45) is 12.0 Å². The molecule has 1 aromatic heterocycles. The lowest BCUT2D eigenvalue weighted by molar-refractivity contribution is 0.0371. The summed E-state index contributed by atoms with van der Waals surface area (Å²) in [7, 11) is 1.96. The fourth-order valence-corrected chi connectivity index (χ4v) is 4.10. The minimum absolute atomic E-state index is 0.0975. The van der Waals surface area contributed by atoms with Gasteiger partial charge in [-0.25, -0.2) is 0 Å². The van der Waals surface area contributed by atoms with Gasteiger partial charge in [-0.05, 0) is 31.0 Å². The molecule has 0 spiro atoms. The molecule has 2 aliphatic rings. The van der Waals surface area contributed by atoms with Crippen LogP contribution in [0.3, 0.4) is 0 Å². The van der Waals surface area contributed by atoms with Crippen LogP contribution in [0, 0.1) is 0 Å². The minimum Gasteiger partial charge on any atom is -0.493 e. The van der Waals surface area contributed by atoms with E-state index >= 15 is 0 Å². The molecule has 2 aliphatic heterocycles. The van der Waals surface area contributed by atoms with Crippen LogP contribution in [0.2, 0.25) is 0 Å². The van der Waals surface area contributed by atoms with Crippen LogP contribution >= 0.6 is 0 Å². The fraction of sp³-hybridized carbons (Fsp3) is 0.542. The number of nitrogens with zero attached hydrogens (tertiary/aromatic N) is 4. The van der Waals surface area contributed by atoms with Crippen LogP contribution in [-0.4, -0.2) is 65.8 Å². The number of carbonyl (C=O) groups excluding carboxylic acids is 1. The van der Waals surface area contributed by atoms with Gasteiger partial charge in [-0.2, -0.15) is 5.10 Å². The molecule has 0 bridgehead atoms. The van der Waals surface area contributed by atoms with Gasteiger partial charge in [0.1, 0.15) is 11.6 Å². The first kappa shape index (κ1) is 22.5. The van der Waals surface area contributed by atoms with E-state index in [-0.39, 0.29) is 5.78 Å². The number of hydrogen-bond donors (Lipinski definition) is 1. The summed E-state index contributed by atoms with van der Waals surface area (Å²) in [6, 6.07) is 5.67. The van der Waals surface area contributed by atoms with Crippen LogP contribution in [0.5, 0.6) is 5.75 Å². The zero-order valence-electron chi connectivity index (χ0n) is 19.3. The topological polar surface area (TPSA) is 81.0 Å². The Morgan fingerprint density at radius 2 is 2.03 bits per heavy atom. The van der Waals surface area contributed by atoms with E-state index in [0.717, 1.165) is 66.6 Å². The van der Waals surface area contributed by atoms with Crippen LogP contribution in [0.25, 0.3) is 0 Å². The Hall–Kier alpha value is -2.71. The number of fused-ring (bicyclic) bond motifs is 1. The predicted molar refractivity (Wildman–Crippen MR) is 125 cm³/mol. The molecule has 3 heterocycles. The highest BCUT2D eigenvalue weighted by Crippen LogP contribution is 2.30. The van der Waals surface area contributed by atoms with Crippen molar-refractivity contribution in [3.05, 3.63) is 40.7 Å². The monoisotopic (exact) mass is 439 g/mol. The summed E-state index contributed by atoms with van der Waals surface area (Å²) in [5.41, 5.74) is 4.65. The van der Waals surface area contributed by atoms with E-state index < -0.39 is 0 Å². The van der Waals surface area contributed by atoms with Crippen molar-refractivity contribution < 1.29 is 14.3 Å². The number of aromatic nitrogens is 2. The lowest BCUT2D eigenvalue weighted by Gasteiger charge is -2.26. The normalized spacial score (nSPS) is 16.3. The molecule has 1 aromatic carbocycles. The van der Waals surface area contributed by atoms with Crippen LogP contribution in [-0.2, 0) is 24.8 Å². The number of Topliss-reactive ketones (excluding diaryl/α,β-unsaturated/α-hetero) is 1. The Bertz CT molecular complexity index is 992. The summed E-state index contributed by atoms with van der Waals surface area (Å²) >= 11 is 0. The molecule has 4 rings (SSSR count). The van der Waals surface area contributed by atoms with Gasteiger partial charge in [0.2, 0.25) is 0 Å². The molecule has 0 unspecified atom stereocenters. The van der Waals surface area contributed by atoms with Crippen LogP contribution in [0.15, 0.2) is 23.2 Å². The van der Waals surface area contributed by atoms with E-state index in [2.05, 4.69) is 29.2 Å². The number of carbonyl (C=O) groups is 1. The van der Waals surface area contributed by atoms with Crippen LogP contribution in [0.1, 0.15) is 54.0 Å². The second-order valence-electron chi connectivity index (χ2n) is 8.30. The Morgan fingerprint density at radius 3 is 2.78 bits per heavy atom. The third kappa shape index (κ3) is 4.86. The quantitative estimate of drug-likeness (QED) is 0.605. The number of hydrogen-bond acceptors (Lipinski definition) is 7. The molecular weight excluding hydrogens is 406 g/mol. The van der Waals surface area contributed by atoms with Crippen molar-refractivity contribution >= 4 is 17.3 Å². The summed E-state index contributed by atoms with van der Waals surface area (Å²) < 4.78 is 13.3. The van der Waals surface area contributed by atoms with Gasteiger partial charge in [0.15, 0.2) is 5.78 Å². The Labute approximate surface area is 189 Å². The molecular formula is C24H33N5O3. The van der Waals surface area contributed by atoms with Gasteiger partial charge < -0.3 is 14.8 Å². The maximum Gasteiger partial charge on any atom is 0.176 e. The number of aliphatic imine (C=N–C) groups is 1. The molecule has 1 saturated heterocycles. The standard InChI is InChI=1S/C24H33N5O3/c1-4-6-19-23-20(28(3)27-19)15-25-24(26-23)18-14-17(7-8-22(18)32-11-5-2)21(30)16-29-9-12-31-13-10-29/h7-8,14H,4-6,9-13,15-16H2,1-3H3,(H,25,26). The zero-order valence-corrected chi connectivity index (χ0v) is 19.3. The maximum atomic E-state index is 13.0. The van der Waals surface area contributed by atoms with E-state index in [1.807, 2.05) is 29.9 Å². The lowest BCUT2D eigenvalue weighted by Crippen LogP contribution is -2.39. The summed E-state index contributed by atoms with van der Waals surface area (Å²) in [5, 5.41) is 8.17. The number of benzene rings is 1. The Morgan fingerprint density at radius 1 is 1.22 bits per heavy atom. The molecule has 8 heteroatoms. The highest BCUT2D eigenvalue weighted by molar-refractivity contribution is 6.12. The van der Waals surface area contributed by atoms with Crippen molar-refractivity contribution in [1.82, 2.24) is 14.7 Å². The SMILES string of the molecule is CCCOc1ccc(C(=O)CN2CCOCC2)cc1C1=NCc2c(c(CCC)nn2C)N1. The number of rotatable bonds is 9. The molecule has 32 heavy (non-hydrogen) atoms. The summed E-state index contributed by atoms with van der Waals surface area (Å²) in [5.74, 6) is 1.57. The molecule has 0 radical (unpaired) electrons. The van der Waals surface area contributed by atoms with Gasteiger partial charge in [0, 0.05) is 25.7 Å². The van der Waals surface area contributed by atoms with E-state index in [1.165, 1.54) is 0 Å². The van der Waals surface area contributed by atoms with Crippen LogP contribution in [0.4, 0.5) is 5.69 Å². The number of nitrogens with one attached hydrogen (secondary N) is 1. The smallest absolute Gasteiger partial charge is 0.176 e. The first-order valence-electron chi connectivity index (χ1n) is 11.6. The summed E-state index contributed by atoms with van der Waals surface area (Å²) in [6.45, 7) is 8.71. The highest BCUT2D eigenvalue weighted by atomic mass is 16.5. The molecule has 0 amide bonds. The average Bonchev–Trinajstić information content (AvgIpc) is 3.13. The van der Waals surface area contributed by atoms with Gasteiger partial charge in [0.25, 0.3) is 0 Å². The van der Waals surface area contributed by atoms with Gasteiger partial charge in [-0.3, -0.25) is 19.4 Å². The average molecular weight is 440 g/mol. The van der Waals surface area contributed by atoms with Gasteiger partial charge in [-0.15, -0.1) is 0 Å². The van der Waals surface area contributed by atoms with E-state index in [1.54, 1.807) is 0 Å². The van der Waals surface area contributed by atoms with Crippen LogP contribution < -0.4 is 10.1 Å². The van der Waals surface area contributed by atoms with Gasteiger partial charge >= 0.3 is 0 Å². The minimum atomic E-state index is 0.0975. The van der Waals surface area contributed by atoms with Crippen molar-refractivity contribution in [3.63, 3.8) is 0 Å². The maximum absolute atomic E-state index is 13.0. The molecule has 0 aliphatic carbocycles. The van der Waals surface area contributed by atoms with Crippen molar-refractivity contribution in [2.75, 3.05) is 44.8 Å². The zero-order chi connectivity index (χ0) is 22.5. The van der Waals surface area contributed by atoms with E-state index in [9.17, 15) is 4.79 Å². The fourth-order valence-electron chi connectivity index (χ4n) is 4.10. The lowest BCUT2D eigenvalue weighted by atomic mass is 10.0. The van der Waals surface area contributed by atoms with E-state index in [0.29, 0.717) is 38.5 Å². The summed E-state index contributed by atoms with van der Waals surface area (Å²) in [6.07, 6.45) is 2.83. The van der Waals surface area contributed by atoms with E-state index in [4.69, 9.17) is 14.5 Å². The molecule has 1 fully saturated rings. The summed E-state index contributed by atoms with van der Waals surface area (Å²) in [4.78, 5) is 19.9. The van der Waals surface area contributed by atoms with Crippen molar-refractivity contribution in [2.45, 2.75) is 39.7 Å². The first-order chi connectivity index (χ1) is 15.6. The molecule has 2 aromatic rings. The molecule has 0 saturated carbocycles. The second kappa shape index (κ2) is 10.3. The number of amidine groups is 1. The number of ketones is 1. The third-order valence-electron chi connectivity index (χ3n) is 5.84. The second-order valence-corrected chi connectivity index (χ2v) is 8.30. The predicted octanol–water partition coefficient (Wildman–Crippen LogP) is 3.05. The Kier molecular flexibility index (Phi) is 7.22. The largest absolute Gasteiger partial charge is 0.493 e.